The number of piperazine rings is 1. The van der Waals surface area contributed by atoms with Crippen molar-refractivity contribution in [2.75, 3.05) is 37.6 Å². The first-order chi connectivity index (χ1) is 8.61. The van der Waals surface area contributed by atoms with Gasteiger partial charge in [-0.3, -0.25) is 0 Å². The maximum Gasteiger partial charge on any atom is 0.339 e. The molecule has 0 amide bonds. The number of rotatable bonds is 3. The van der Waals surface area contributed by atoms with E-state index in [1.54, 1.807) is 0 Å². The zero-order valence-corrected chi connectivity index (χ0v) is 10.9. The standard InChI is InChI=1S/C11H15ClN4O2/c1-2-15-3-5-16(6-4-15)10-8(11(17)18)7-9(12)13-14-10/h7H,2-6H2,1H3,(H,17,18). The number of nitrogens with zero attached hydrogens (tertiary/aromatic N) is 4. The van der Waals surface area contributed by atoms with Crippen molar-refractivity contribution in [3.05, 3.63) is 16.8 Å². The Bertz CT molecular complexity index is 447. The van der Waals surface area contributed by atoms with E-state index < -0.39 is 5.97 Å². The molecule has 7 heteroatoms. The van der Waals surface area contributed by atoms with Crippen molar-refractivity contribution in [1.29, 1.82) is 0 Å². The molecule has 2 rings (SSSR count). The minimum absolute atomic E-state index is 0.100. The van der Waals surface area contributed by atoms with Crippen LogP contribution in [0.3, 0.4) is 0 Å². The lowest BCUT2D eigenvalue weighted by atomic mass is 10.2. The van der Waals surface area contributed by atoms with E-state index in [2.05, 4.69) is 22.0 Å². The lowest BCUT2D eigenvalue weighted by molar-refractivity contribution is 0.0696. The number of hydrogen-bond donors (Lipinski definition) is 1. The summed E-state index contributed by atoms with van der Waals surface area (Å²) in [5, 5.41) is 16.9. The van der Waals surface area contributed by atoms with Crippen LogP contribution in [0.1, 0.15) is 17.3 Å². The Morgan fingerprint density at radius 3 is 2.61 bits per heavy atom. The van der Waals surface area contributed by atoms with Crippen LogP contribution in [0.15, 0.2) is 6.07 Å². The van der Waals surface area contributed by atoms with Gasteiger partial charge in [0, 0.05) is 26.2 Å². The van der Waals surface area contributed by atoms with E-state index in [0.29, 0.717) is 5.82 Å². The van der Waals surface area contributed by atoms with Gasteiger partial charge in [0.15, 0.2) is 11.0 Å². The van der Waals surface area contributed by atoms with Gasteiger partial charge in [0.05, 0.1) is 0 Å². The highest BCUT2D eigenvalue weighted by Crippen LogP contribution is 2.20. The van der Waals surface area contributed by atoms with Gasteiger partial charge in [0.2, 0.25) is 0 Å². The molecule has 98 valence electrons. The normalized spacial score (nSPS) is 16.9. The zero-order valence-electron chi connectivity index (χ0n) is 10.1. The summed E-state index contributed by atoms with van der Waals surface area (Å²) in [5.41, 5.74) is 0.111. The van der Waals surface area contributed by atoms with Crippen LogP contribution in [0.5, 0.6) is 0 Å². The van der Waals surface area contributed by atoms with Gasteiger partial charge in [-0.05, 0) is 12.6 Å². The van der Waals surface area contributed by atoms with Gasteiger partial charge in [0.25, 0.3) is 0 Å². The lowest BCUT2D eigenvalue weighted by Gasteiger charge is -2.34. The van der Waals surface area contributed by atoms with E-state index in [1.807, 2.05) is 4.90 Å². The maximum absolute atomic E-state index is 11.2. The Hall–Kier alpha value is -1.40. The molecule has 6 nitrogen and oxygen atoms in total. The number of carbonyl (C=O) groups is 1. The average Bonchev–Trinajstić information content (AvgIpc) is 2.39. The molecule has 1 aromatic rings. The van der Waals surface area contributed by atoms with E-state index in [0.717, 1.165) is 32.7 Å². The van der Waals surface area contributed by atoms with Gasteiger partial charge < -0.3 is 14.9 Å². The predicted molar refractivity (Wildman–Crippen MR) is 68.3 cm³/mol. The molecule has 0 radical (unpaired) electrons. The molecule has 0 unspecified atom stereocenters. The topological polar surface area (TPSA) is 69.6 Å². The number of hydrogen-bond acceptors (Lipinski definition) is 5. The summed E-state index contributed by atoms with van der Waals surface area (Å²) in [6.45, 7) is 6.43. The summed E-state index contributed by atoms with van der Waals surface area (Å²) in [7, 11) is 0. The Morgan fingerprint density at radius 2 is 2.06 bits per heavy atom. The van der Waals surface area contributed by atoms with E-state index >= 15 is 0 Å². The summed E-state index contributed by atoms with van der Waals surface area (Å²) in [6.07, 6.45) is 0. The van der Waals surface area contributed by atoms with Gasteiger partial charge in [-0.1, -0.05) is 18.5 Å². The molecule has 1 aromatic heterocycles. The van der Waals surface area contributed by atoms with Crippen LogP contribution in [-0.4, -0.2) is 58.9 Å². The van der Waals surface area contributed by atoms with Crippen molar-refractivity contribution < 1.29 is 9.90 Å². The molecule has 1 N–H and O–H groups in total. The number of aromatic carboxylic acids is 1. The highest BCUT2D eigenvalue weighted by molar-refractivity contribution is 6.29. The molecule has 1 aliphatic heterocycles. The first-order valence-corrected chi connectivity index (χ1v) is 6.23. The molecular formula is C11H15ClN4O2. The summed E-state index contributed by atoms with van der Waals surface area (Å²) in [5.74, 6) is -0.623. The number of carboxylic acid groups (broad SMARTS) is 1. The van der Waals surface area contributed by atoms with Crippen LogP contribution in [0.2, 0.25) is 5.15 Å². The molecule has 0 bridgehead atoms. The molecule has 0 aliphatic carbocycles. The Balaban J connectivity index is 2.21. The summed E-state index contributed by atoms with van der Waals surface area (Å²) in [6, 6.07) is 1.35. The maximum atomic E-state index is 11.2. The van der Waals surface area contributed by atoms with E-state index in [4.69, 9.17) is 16.7 Å². The summed E-state index contributed by atoms with van der Waals surface area (Å²) in [4.78, 5) is 15.4. The molecular weight excluding hydrogens is 256 g/mol. The summed E-state index contributed by atoms with van der Waals surface area (Å²) >= 11 is 5.68. The number of halogens is 1. The smallest absolute Gasteiger partial charge is 0.339 e. The predicted octanol–water partition coefficient (Wildman–Crippen LogP) is 0.970. The van der Waals surface area contributed by atoms with Crippen molar-refractivity contribution in [2.45, 2.75) is 6.92 Å². The monoisotopic (exact) mass is 270 g/mol. The van der Waals surface area contributed by atoms with Gasteiger partial charge in [0.1, 0.15) is 5.56 Å². The average molecular weight is 271 g/mol. The van der Waals surface area contributed by atoms with Crippen LogP contribution in [0.4, 0.5) is 5.82 Å². The fourth-order valence-corrected chi connectivity index (χ4v) is 2.18. The molecule has 18 heavy (non-hydrogen) atoms. The fourth-order valence-electron chi connectivity index (χ4n) is 2.03. The number of aromatic nitrogens is 2. The molecule has 0 atom stereocenters. The SMILES string of the molecule is CCN1CCN(c2nnc(Cl)cc2C(=O)O)CC1. The van der Waals surface area contributed by atoms with E-state index in [1.165, 1.54) is 6.07 Å². The number of carboxylic acids is 1. The quantitative estimate of drug-likeness (QED) is 0.883. The Labute approximate surface area is 110 Å². The van der Waals surface area contributed by atoms with Crippen molar-refractivity contribution in [2.24, 2.45) is 0 Å². The van der Waals surface area contributed by atoms with Crippen molar-refractivity contribution >= 4 is 23.4 Å². The van der Waals surface area contributed by atoms with Gasteiger partial charge in [-0.2, -0.15) is 0 Å². The largest absolute Gasteiger partial charge is 0.478 e. The van der Waals surface area contributed by atoms with Crippen molar-refractivity contribution in [3.8, 4) is 0 Å². The second-order valence-electron chi connectivity index (χ2n) is 4.13. The molecule has 0 aromatic carbocycles. The molecule has 0 saturated carbocycles. The summed E-state index contributed by atoms with van der Waals surface area (Å²) < 4.78 is 0. The molecule has 1 saturated heterocycles. The van der Waals surface area contributed by atoms with Gasteiger partial charge in [-0.25, -0.2) is 4.79 Å². The van der Waals surface area contributed by atoms with Crippen LogP contribution in [-0.2, 0) is 0 Å². The molecule has 1 fully saturated rings. The van der Waals surface area contributed by atoms with Crippen LogP contribution >= 0.6 is 11.6 Å². The highest BCUT2D eigenvalue weighted by Gasteiger charge is 2.22. The van der Waals surface area contributed by atoms with Crippen molar-refractivity contribution in [1.82, 2.24) is 15.1 Å². The Morgan fingerprint density at radius 1 is 1.39 bits per heavy atom. The minimum Gasteiger partial charge on any atom is -0.478 e. The van der Waals surface area contributed by atoms with Crippen LogP contribution in [0.25, 0.3) is 0 Å². The molecule has 2 heterocycles. The van der Waals surface area contributed by atoms with Crippen LogP contribution in [0, 0.1) is 0 Å². The molecule has 1 aliphatic rings. The highest BCUT2D eigenvalue weighted by atomic mass is 35.5. The first-order valence-electron chi connectivity index (χ1n) is 5.85. The van der Waals surface area contributed by atoms with Crippen LogP contribution < -0.4 is 4.90 Å². The lowest BCUT2D eigenvalue weighted by Crippen LogP contribution is -2.47. The van der Waals surface area contributed by atoms with Gasteiger partial charge >= 0.3 is 5.97 Å². The van der Waals surface area contributed by atoms with Gasteiger partial charge in [-0.15, -0.1) is 10.2 Å². The zero-order chi connectivity index (χ0) is 13.1. The third-order valence-corrected chi connectivity index (χ3v) is 3.28. The third-order valence-electron chi connectivity index (χ3n) is 3.09. The second-order valence-corrected chi connectivity index (χ2v) is 4.52. The van der Waals surface area contributed by atoms with E-state index in [9.17, 15) is 4.79 Å². The minimum atomic E-state index is -1.03. The first kappa shape index (κ1) is 13.0. The second kappa shape index (κ2) is 5.49. The number of likely N-dealkylation sites (N-methyl/N-ethyl adjacent to an activating group) is 1. The van der Waals surface area contributed by atoms with E-state index in [-0.39, 0.29) is 10.7 Å². The fraction of sp³-hybridized carbons (Fsp3) is 0.545. The molecule has 0 spiro atoms. The Kier molecular flexibility index (Phi) is 3.98. The third kappa shape index (κ3) is 2.70. The number of anilines is 1. The van der Waals surface area contributed by atoms with Crippen molar-refractivity contribution in [3.63, 3.8) is 0 Å².